The third-order valence-corrected chi connectivity index (χ3v) is 3.92. The number of nitriles is 1. The van der Waals surface area contributed by atoms with Gasteiger partial charge < -0.3 is 15.1 Å². The Kier molecular flexibility index (Phi) is 4.03. The van der Waals surface area contributed by atoms with Gasteiger partial charge in [0.05, 0.1) is 17.1 Å². The van der Waals surface area contributed by atoms with Crippen molar-refractivity contribution in [2.75, 3.05) is 10.6 Å². The van der Waals surface area contributed by atoms with Crippen molar-refractivity contribution in [1.82, 2.24) is 15.0 Å². The van der Waals surface area contributed by atoms with E-state index >= 15 is 0 Å². The summed E-state index contributed by atoms with van der Waals surface area (Å²) in [5.41, 5.74) is 4.08. The second-order valence-corrected chi connectivity index (χ2v) is 5.89. The Hall–Kier alpha value is -4.12. The molecule has 8 heteroatoms. The molecule has 0 bridgehead atoms. The van der Waals surface area contributed by atoms with E-state index < -0.39 is 5.76 Å². The summed E-state index contributed by atoms with van der Waals surface area (Å²) in [5, 5.41) is 15.2. The summed E-state index contributed by atoms with van der Waals surface area (Å²) in [4.78, 5) is 22.7. The molecule has 0 unspecified atom stereocenters. The van der Waals surface area contributed by atoms with Crippen LogP contribution in [0.2, 0.25) is 0 Å². The molecule has 0 radical (unpaired) electrons. The van der Waals surface area contributed by atoms with Crippen LogP contribution < -0.4 is 16.4 Å². The van der Waals surface area contributed by atoms with Crippen LogP contribution in [0.25, 0.3) is 11.1 Å². The zero-order valence-electron chi connectivity index (χ0n) is 14.3. The number of H-pyrrole nitrogens is 1. The number of rotatable bonds is 4. The van der Waals surface area contributed by atoms with Crippen molar-refractivity contribution < 1.29 is 4.42 Å². The van der Waals surface area contributed by atoms with Gasteiger partial charge in [-0.2, -0.15) is 10.2 Å². The van der Waals surface area contributed by atoms with E-state index in [2.05, 4.69) is 31.7 Å². The largest absolute Gasteiger partial charge is 0.417 e. The van der Waals surface area contributed by atoms with Gasteiger partial charge in [-0.1, -0.05) is 0 Å². The van der Waals surface area contributed by atoms with Crippen molar-refractivity contribution in [1.29, 1.82) is 5.26 Å². The molecule has 2 aromatic heterocycles. The van der Waals surface area contributed by atoms with E-state index in [-0.39, 0.29) is 0 Å². The van der Waals surface area contributed by atoms with Crippen LogP contribution in [0.5, 0.6) is 0 Å². The van der Waals surface area contributed by atoms with Crippen LogP contribution in [0.15, 0.2) is 57.9 Å². The standard InChI is InChI=1S/C19H14N6O2/c1-11-10-21-18(23-13-4-2-12(9-20)3-5-13)25-17(11)22-14-6-7-16-15(8-14)24-19(26)27-16/h2-8,10H,1H3,(H,24,26)(H2,21,22,23,25). The minimum atomic E-state index is -0.491. The minimum Gasteiger partial charge on any atom is -0.408 e. The third-order valence-electron chi connectivity index (χ3n) is 3.92. The Labute approximate surface area is 153 Å². The first-order valence-corrected chi connectivity index (χ1v) is 8.11. The second-order valence-electron chi connectivity index (χ2n) is 5.89. The number of oxazole rings is 1. The third kappa shape index (κ3) is 3.48. The topological polar surface area (TPSA) is 120 Å². The highest BCUT2D eigenvalue weighted by Crippen LogP contribution is 2.23. The van der Waals surface area contributed by atoms with Gasteiger partial charge in [0.2, 0.25) is 5.95 Å². The highest BCUT2D eigenvalue weighted by molar-refractivity contribution is 5.78. The second kappa shape index (κ2) is 6.65. The van der Waals surface area contributed by atoms with Crippen molar-refractivity contribution in [2.45, 2.75) is 6.92 Å². The maximum atomic E-state index is 11.3. The van der Waals surface area contributed by atoms with Crippen molar-refractivity contribution in [3.05, 3.63) is 70.3 Å². The van der Waals surface area contributed by atoms with E-state index in [4.69, 9.17) is 9.68 Å². The van der Waals surface area contributed by atoms with Crippen LogP contribution in [0.1, 0.15) is 11.1 Å². The van der Waals surface area contributed by atoms with E-state index in [0.29, 0.717) is 28.4 Å². The molecule has 8 nitrogen and oxygen atoms in total. The Bertz CT molecular complexity index is 1220. The zero-order chi connectivity index (χ0) is 18.8. The van der Waals surface area contributed by atoms with Gasteiger partial charge in [-0.3, -0.25) is 4.98 Å². The number of aryl methyl sites for hydroxylation is 1. The Morgan fingerprint density at radius 3 is 2.67 bits per heavy atom. The number of aromatic amines is 1. The van der Waals surface area contributed by atoms with Crippen LogP contribution in [0.4, 0.5) is 23.1 Å². The maximum absolute atomic E-state index is 11.3. The van der Waals surface area contributed by atoms with E-state index in [9.17, 15) is 4.79 Å². The van der Waals surface area contributed by atoms with E-state index in [1.54, 1.807) is 48.7 Å². The molecule has 132 valence electrons. The molecule has 4 rings (SSSR count). The minimum absolute atomic E-state index is 0.422. The normalized spacial score (nSPS) is 10.5. The number of aromatic nitrogens is 3. The van der Waals surface area contributed by atoms with Crippen molar-refractivity contribution in [3.8, 4) is 6.07 Å². The highest BCUT2D eigenvalue weighted by atomic mass is 16.4. The molecule has 0 aliphatic rings. The molecular formula is C19H14N6O2. The molecule has 0 spiro atoms. The summed E-state index contributed by atoms with van der Waals surface area (Å²) < 4.78 is 5.00. The van der Waals surface area contributed by atoms with Gasteiger partial charge in [0, 0.05) is 23.1 Å². The number of hydrogen-bond donors (Lipinski definition) is 3. The lowest BCUT2D eigenvalue weighted by Gasteiger charge is -2.11. The van der Waals surface area contributed by atoms with Gasteiger partial charge in [-0.15, -0.1) is 0 Å². The average molecular weight is 358 g/mol. The van der Waals surface area contributed by atoms with Crippen molar-refractivity contribution >= 4 is 34.2 Å². The lowest BCUT2D eigenvalue weighted by molar-refractivity contribution is 0.555. The van der Waals surface area contributed by atoms with Crippen LogP contribution in [-0.2, 0) is 0 Å². The molecule has 2 heterocycles. The summed E-state index contributed by atoms with van der Waals surface area (Å²) in [6, 6.07) is 14.4. The number of benzene rings is 2. The van der Waals surface area contributed by atoms with E-state index in [1.807, 2.05) is 6.92 Å². The van der Waals surface area contributed by atoms with Crippen LogP contribution in [0.3, 0.4) is 0 Å². The Morgan fingerprint density at radius 1 is 1.11 bits per heavy atom. The molecule has 27 heavy (non-hydrogen) atoms. The van der Waals surface area contributed by atoms with Crippen LogP contribution >= 0.6 is 0 Å². The molecule has 0 atom stereocenters. The number of anilines is 4. The predicted molar refractivity (Wildman–Crippen MR) is 101 cm³/mol. The Morgan fingerprint density at radius 2 is 1.89 bits per heavy atom. The van der Waals surface area contributed by atoms with Gasteiger partial charge in [0.25, 0.3) is 0 Å². The SMILES string of the molecule is Cc1cnc(Nc2ccc(C#N)cc2)nc1Nc1ccc2oc(=O)[nH]c2c1. The fourth-order valence-corrected chi connectivity index (χ4v) is 2.55. The zero-order valence-corrected chi connectivity index (χ0v) is 14.3. The summed E-state index contributed by atoms with van der Waals surface area (Å²) in [6.45, 7) is 1.89. The Balaban J connectivity index is 1.59. The van der Waals surface area contributed by atoms with E-state index in [0.717, 1.165) is 16.9 Å². The molecule has 3 N–H and O–H groups in total. The van der Waals surface area contributed by atoms with Crippen molar-refractivity contribution in [3.63, 3.8) is 0 Å². The average Bonchev–Trinajstić information content (AvgIpc) is 3.04. The van der Waals surface area contributed by atoms with Gasteiger partial charge in [-0.05, 0) is 49.4 Å². The molecule has 2 aromatic carbocycles. The maximum Gasteiger partial charge on any atom is 0.417 e. The monoisotopic (exact) mass is 358 g/mol. The molecule has 0 fully saturated rings. The number of fused-ring (bicyclic) bond motifs is 1. The van der Waals surface area contributed by atoms with Crippen LogP contribution in [0, 0.1) is 18.3 Å². The number of nitrogens with zero attached hydrogens (tertiary/aromatic N) is 3. The molecule has 0 amide bonds. The van der Waals surface area contributed by atoms with E-state index in [1.165, 1.54) is 0 Å². The summed E-state index contributed by atoms with van der Waals surface area (Å²) in [7, 11) is 0. The molecular weight excluding hydrogens is 344 g/mol. The van der Waals surface area contributed by atoms with Gasteiger partial charge in [-0.25, -0.2) is 9.78 Å². The molecule has 0 saturated heterocycles. The smallest absolute Gasteiger partial charge is 0.408 e. The first-order valence-electron chi connectivity index (χ1n) is 8.11. The van der Waals surface area contributed by atoms with Crippen molar-refractivity contribution in [2.24, 2.45) is 0 Å². The molecule has 0 aliphatic carbocycles. The molecule has 0 aliphatic heterocycles. The fraction of sp³-hybridized carbons (Fsp3) is 0.0526. The predicted octanol–water partition coefficient (Wildman–Crippen LogP) is 3.58. The lowest BCUT2D eigenvalue weighted by Crippen LogP contribution is -2.02. The molecule has 0 saturated carbocycles. The highest BCUT2D eigenvalue weighted by Gasteiger charge is 2.07. The fourth-order valence-electron chi connectivity index (χ4n) is 2.55. The first kappa shape index (κ1) is 16.4. The van der Waals surface area contributed by atoms with Gasteiger partial charge in [0.1, 0.15) is 5.82 Å². The van der Waals surface area contributed by atoms with Gasteiger partial charge >= 0.3 is 5.76 Å². The molecule has 4 aromatic rings. The summed E-state index contributed by atoms with van der Waals surface area (Å²) >= 11 is 0. The quantitative estimate of drug-likeness (QED) is 0.510. The van der Waals surface area contributed by atoms with Crippen LogP contribution in [-0.4, -0.2) is 15.0 Å². The van der Waals surface area contributed by atoms with Gasteiger partial charge in [0.15, 0.2) is 5.58 Å². The lowest BCUT2D eigenvalue weighted by atomic mass is 10.2. The number of nitrogens with one attached hydrogen (secondary N) is 3. The summed E-state index contributed by atoms with van der Waals surface area (Å²) in [5.74, 6) is 0.561. The first-order chi connectivity index (χ1) is 13.1. The number of hydrogen-bond acceptors (Lipinski definition) is 7. The summed E-state index contributed by atoms with van der Waals surface area (Å²) in [6.07, 6.45) is 1.71.